The molecular weight excluding hydrogens is 218 g/mol. The number of aromatic nitrogens is 1. The van der Waals surface area contributed by atoms with Gasteiger partial charge in [0, 0.05) is 14.2 Å². The maximum absolute atomic E-state index is 11.9. The van der Waals surface area contributed by atoms with Crippen molar-refractivity contribution < 1.29 is 9.53 Å². The van der Waals surface area contributed by atoms with Crippen LogP contribution in [0.25, 0.3) is 0 Å². The first-order valence-electron chi connectivity index (χ1n) is 5.65. The number of anilines is 1. The molecule has 1 amide bonds. The molecule has 0 radical (unpaired) electrons. The van der Waals surface area contributed by atoms with Gasteiger partial charge in [-0.1, -0.05) is 13.0 Å². The first-order chi connectivity index (χ1) is 8.21. The number of pyridine rings is 1. The van der Waals surface area contributed by atoms with Crippen LogP contribution in [0, 0.1) is 0 Å². The summed E-state index contributed by atoms with van der Waals surface area (Å²) in [5, 5.41) is 5.78. The number of hydrogen-bond donors (Lipinski definition) is 2. The summed E-state index contributed by atoms with van der Waals surface area (Å²) in [4.78, 5) is 16.1. The van der Waals surface area contributed by atoms with E-state index < -0.39 is 0 Å². The molecule has 0 fully saturated rings. The van der Waals surface area contributed by atoms with E-state index in [1.807, 2.05) is 13.0 Å². The molecule has 0 saturated carbocycles. The summed E-state index contributed by atoms with van der Waals surface area (Å²) < 4.78 is 5.03. The first-order valence-corrected chi connectivity index (χ1v) is 5.65. The van der Waals surface area contributed by atoms with Crippen LogP contribution in [0.3, 0.4) is 0 Å². The van der Waals surface area contributed by atoms with E-state index in [0.29, 0.717) is 18.1 Å². The fourth-order valence-corrected chi connectivity index (χ4v) is 1.42. The van der Waals surface area contributed by atoms with Gasteiger partial charge in [-0.3, -0.25) is 4.79 Å². The van der Waals surface area contributed by atoms with Gasteiger partial charge in [0.05, 0.1) is 12.6 Å². The maximum Gasteiger partial charge on any atom is 0.270 e. The molecule has 1 unspecified atom stereocenters. The smallest absolute Gasteiger partial charge is 0.270 e. The predicted molar refractivity (Wildman–Crippen MR) is 67.2 cm³/mol. The summed E-state index contributed by atoms with van der Waals surface area (Å²) in [7, 11) is 3.39. The van der Waals surface area contributed by atoms with E-state index in [9.17, 15) is 4.79 Å². The van der Waals surface area contributed by atoms with Crippen LogP contribution in [0.4, 0.5) is 5.82 Å². The zero-order valence-electron chi connectivity index (χ0n) is 10.5. The number of hydrogen-bond acceptors (Lipinski definition) is 4. The van der Waals surface area contributed by atoms with Gasteiger partial charge in [0.2, 0.25) is 0 Å². The summed E-state index contributed by atoms with van der Waals surface area (Å²) in [5.41, 5.74) is 0.409. The highest BCUT2D eigenvalue weighted by atomic mass is 16.5. The van der Waals surface area contributed by atoms with Crippen LogP contribution in [-0.4, -0.2) is 37.7 Å². The van der Waals surface area contributed by atoms with Crippen molar-refractivity contribution in [3.63, 3.8) is 0 Å². The number of nitrogens with zero attached hydrogens (tertiary/aromatic N) is 1. The zero-order chi connectivity index (χ0) is 12.7. The van der Waals surface area contributed by atoms with E-state index in [0.717, 1.165) is 6.42 Å². The summed E-state index contributed by atoms with van der Waals surface area (Å²) in [6.45, 7) is 2.51. The second-order valence-corrected chi connectivity index (χ2v) is 3.69. The lowest BCUT2D eigenvalue weighted by atomic mass is 10.2. The number of ether oxygens (including phenoxy) is 1. The molecule has 1 aromatic rings. The van der Waals surface area contributed by atoms with Crippen LogP contribution in [0.1, 0.15) is 23.8 Å². The SMILES string of the molecule is CCC(COC)NC(=O)c1cccc(NC)n1. The van der Waals surface area contributed by atoms with Crippen molar-refractivity contribution in [3.8, 4) is 0 Å². The van der Waals surface area contributed by atoms with E-state index in [-0.39, 0.29) is 11.9 Å². The minimum atomic E-state index is -0.175. The molecular formula is C12H19N3O2. The minimum absolute atomic E-state index is 0.0209. The van der Waals surface area contributed by atoms with Crippen molar-refractivity contribution in [1.82, 2.24) is 10.3 Å². The molecule has 0 saturated heterocycles. The third-order valence-corrected chi connectivity index (χ3v) is 2.43. The van der Waals surface area contributed by atoms with Crippen LogP contribution in [-0.2, 0) is 4.74 Å². The Morgan fingerprint density at radius 3 is 2.88 bits per heavy atom. The van der Waals surface area contributed by atoms with Crippen molar-refractivity contribution >= 4 is 11.7 Å². The highest BCUT2D eigenvalue weighted by Gasteiger charge is 2.13. The summed E-state index contributed by atoms with van der Waals surface area (Å²) in [5.74, 6) is 0.503. The Hall–Kier alpha value is -1.62. The second kappa shape index (κ2) is 6.85. The number of rotatable bonds is 6. The molecule has 0 aliphatic carbocycles. The molecule has 0 bridgehead atoms. The number of amides is 1. The monoisotopic (exact) mass is 237 g/mol. The standard InChI is InChI=1S/C12H19N3O2/c1-4-9(8-17-3)14-12(16)10-6-5-7-11(13-2)15-10/h5-7,9H,4,8H2,1-3H3,(H,13,15)(H,14,16). The van der Waals surface area contributed by atoms with Crippen LogP contribution in [0.15, 0.2) is 18.2 Å². The molecule has 0 aliphatic rings. The van der Waals surface area contributed by atoms with Gasteiger partial charge in [-0.25, -0.2) is 4.98 Å². The van der Waals surface area contributed by atoms with Crippen molar-refractivity contribution in [2.24, 2.45) is 0 Å². The summed E-state index contributed by atoms with van der Waals surface area (Å²) in [6, 6.07) is 5.32. The predicted octanol–water partition coefficient (Wildman–Crippen LogP) is 1.28. The van der Waals surface area contributed by atoms with Gasteiger partial charge < -0.3 is 15.4 Å². The molecule has 5 nitrogen and oxygen atoms in total. The first kappa shape index (κ1) is 13.4. The minimum Gasteiger partial charge on any atom is -0.383 e. The van der Waals surface area contributed by atoms with Crippen molar-refractivity contribution in [3.05, 3.63) is 23.9 Å². The van der Waals surface area contributed by atoms with Crippen LogP contribution >= 0.6 is 0 Å². The van der Waals surface area contributed by atoms with Gasteiger partial charge in [-0.05, 0) is 18.6 Å². The Bertz CT molecular complexity index is 369. The topological polar surface area (TPSA) is 63.2 Å². The molecule has 0 aromatic carbocycles. The van der Waals surface area contributed by atoms with E-state index in [1.54, 1.807) is 26.3 Å². The fraction of sp³-hybridized carbons (Fsp3) is 0.500. The average Bonchev–Trinajstić information content (AvgIpc) is 2.38. The van der Waals surface area contributed by atoms with Crippen LogP contribution in [0.5, 0.6) is 0 Å². The second-order valence-electron chi connectivity index (χ2n) is 3.69. The molecule has 1 aromatic heterocycles. The normalized spacial score (nSPS) is 11.9. The van der Waals surface area contributed by atoms with Gasteiger partial charge in [-0.2, -0.15) is 0 Å². The number of methoxy groups -OCH3 is 1. The molecule has 17 heavy (non-hydrogen) atoms. The third kappa shape index (κ3) is 4.03. The largest absolute Gasteiger partial charge is 0.383 e. The Morgan fingerprint density at radius 1 is 1.53 bits per heavy atom. The fourth-order valence-electron chi connectivity index (χ4n) is 1.42. The zero-order valence-corrected chi connectivity index (χ0v) is 10.5. The molecule has 1 rings (SSSR count). The van der Waals surface area contributed by atoms with Gasteiger partial charge >= 0.3 is 0 Å². The Balaban J connectivity index is 2.68. The Kier molecular flexibility index (Phi) is 5.42. The number of carbonyl (C=O) groups is 1. The van der Waals surface area contributed by atoms with Crippen LogP contribution < -0.4 is 10.6 Å². The van der Waals surface area contributed by atoms with Crippen molar-refractivity contribution in [2.45, 2.75) is 19.4 Å². The lowest BCUT2D eigenvalue weighted by molar-refractivity contribution is 0.0890. The van der Waals surface area contributed by atoms with E-state index >= 15 is 0 Å². The molecule has 2 N–H and O–H groups in total. The van der Waals surface area contributed by atoms with Gasteiger partial charge in [-0.15, -0.1) is 0 Å². The average molecular weight is 237 g/mol. The lowest BCUT2D eigenvalue weighted by Crippen LogP contribution is -2.37. The highest BCUT2D eigenvalue weighted by Crippen LogP contribution is 2.04. The highest BCUT2D eigenvalue weighted by molar-refractivity contribution is 5.92. The van der Waals surface area contributed by atoms with Gasteiger partial charge in [0.1, 0.15) is 11.5 Å². The van der Waals surface area contributed by atoms with E-state index in [2.05, 4.69) is 15.6 Å². The quantitative estimate of drug-likeness (QED) is 0.782. The molecule has 0 aliphatic heterocycles. The summed E-state index contributed by atoms with van der Waals surface area (Å²) in [6.07, 6.45) is 0.825. The molecule has 1 atom stereocenters. The molecule has 0 spiro atoms. The third-order valence-electron chi connectivity index (χ3n) is 2.43. The van der Waals surface area contributed by atoms with Crippen molar-refractivity contribution in [2.75, 3.05) is 26.1 Å². The molecule has 5 heteroatoms. The molecule has 94 valence electrons. The Labute approximate surface area is 102 Å². The Morgan fingerprint density at radius 2 is 2.29 bits per heavy atom. The van der Waals surface area contributed by atoms with Crippen LogP contribution in [0.2, 0.25) is 0 Å². The number of nitrogens with one attached hydrogen (secondary N) is 2. The van der Waals surface area contributed by atoms with E-state index in [4.69, 9.17) is 4.74 Å². The van der Waals surface area contributed by atoms with E-state index in [1.165, 1.54) is 0 Å². The van der Waals surface area contributed by atoms with Crippen molar-refractivity contribution in [1.29, 1.82) is 0 Å². The summed E-state index contributed by atoms with van der Waals surface area (Å²) >= 11 is 0. The maximum atomic E-state index is 11.9. The van der Waals surface area contributed by atoms with Gasteiger partial charge in [0.25, 0.3) is 5.91 Å². The molecule has 1 heterocycles. The lowest BCUT2D eigenvalue weighted by Gasteiger charge is -2.15. The number of carbonyl (C=O) groups excluding carboxylic acids is 1. The van der Waals surface area contributed by atoms with Gasteiger partial charge in [0.15, 0.2) is 0 Å².